The van der Waals surface area contributed by atoms with Gasteiger partial charge in [0, 0.05) is 49.2 Å². The van der Waals surface area contributed by atoms with Crippen LogP contribution in [0, 0.1) is 5.92 Å². The van der Waals surface area contributed by atoms with Gasteiger partial charge in [-0.3, -0.25) is 14.6 Å². The number of hydrogen-bond acceptors (Lipinski definition) is 4. The Labute approximate surface area is 160 Å². The number of rotatable bonds is 5. The van der Waals surface area contributed by atoms with Gasteiger partial charge in [0.25, 0.3) is 5.91 Å². The number of hydrogen-bond donors (Lipinski definition) is 2. The van der Waals surface area contributed by atoms with Crippen LogP contribution in [0.4, 0.5) is 5.69 Å². The van der Waals surface area contributed by atoms with Crippen LogP contribution in [0.25, 0.3) is 0 Å². The molecule has 2 amide bonds. The van der Waals surface area contributed by atoms with Gasteiger partial charge in [-0.1, -0.05) is 12.1 Å². The Bertz CT molecular complexity index is 777. The van der Waals surface area contributed by atoms with Crippen molar-refractivity contribution in [2.24, 2.45) is 5.92 Å². The summed E-state index contributed by atoms with van der Waals surface area (Å²) in [5.74, 6) is 0.125. The highest BCUT2D eigenvalue weighted by molar-refractivity contribution is 6.05. The first kappa shape index (κ1) is 19.0. The average molecular weight is 366 g/mol. The largest absolute Gasteiger partial charge is 0.352 e. The van der Waals surface area contributed by atoms with Gasteiger partial charge in [-0.2, -0.15) is 0 Å². The number of anilines is 1. The second kappa shape index (κ2) is 8.77. The van der Waals surface area contributed by atoms with E-state index in [4.69, 9.17) is 0 Å². The van der Waals surface area contributed by atoms with Gasteiger partial charge in [0.1, 0.15) is 0 Å². The topological polar surface area (TPSA) is 74.3 Å². The van der Waals surface area contributed by atoms with Crippen LogP contribution in [0.2, 0.25) is 0 Å². The summed E-state index contributed by atoms with van der Waals surface area (Å²) in [6.07, 6.45) is 4.98. The molecule has 3 rings (SSSR count). The van der Waals surface area contributed by atoms with Crippen LogP contribution in [0.3, 0.4) is 0 Å². The van der Waals surface area contributed by atoms with Gasteiger partial charge in [-0.15, -0.1) is 0 Å². The van der Waals surface area contributed by atoms with Crippen LogP contribution in [-0.4, -0.2) is 36.4 Å². The molecule has 1 aromatic carbocycles. The zero-order valence-corrected chi connectivity index (χ0v) is 15.8. The molecule has 1 aliphatic heterocycles. The summed E-state index contributed by atoms with van der Waals surface area (Å²) in [7, 11) is 1.75. The van der Waals surface area contributed by atoms with Crippen LogP contribution < -0.4 is 15.5 Å². The second-order valence-electron chi connectivity index (χ2n) is 7.06. The highest BCUT2D eigenvalue weighted by Gasteiger charge is 2.24. The molecule has 2 N–H and O–H groups in total. The molecule has 142 valence electrons. The molecule has 6 heteroatoms. The Balaban J connectivity index is 1.55. The third-order valence-corrected chi connectivity index (χ3v) is 5.02. The minimum absolute atomic E-state index is 0.0847. The Morgan fingerprint density at radius 2 is 1.89 bits per heavy atom. The van der Waals surface area contributed by atoms with Gasteiger partial charge in [0.15, 0.2) is 0 Å². The summed E-state index contributed by atoms with van der Waals surface area (Å²) >= 11 is 0. The molecular formula is C21H26N4O2. The van der Waals surface area contributed by atoms with E-state index in [0.717, 1.165) is 30.6 Å². The lowest BCUT2D eigenvalue weighted by molar-refractivity contribution is -0.126. The lowest BCUT2D eigenvalue weighted by Gasteiger charge is -2.27. The molecule has 6 nitrogen and oxygen atoms in total. The van der Waals surface area contributed by atoms with Gasteiger partial charge in [0.05, 0.1) is 0 Å². The van der Waals surface area contributed by atoms with Crippen molar-refractivity contribution in [2.45, 2.75) is 32.4 Å². The van der Waals surface area contributed by atoms with E-state index in [1.807, 2.05) is 24.3 Å². The number of carbonyl (C=O) groups excluding carboxylic acids is 2. The molecule has 0 bridgehead atoms. The summed E-state index contributed by atoms with van der Waals surface area (Å²) in [5, 5.41) is 6.39. The van der Waals surface area contributed by atoms with Crippen molar-refractivity contribution in [2.75, 3.05) is 18.5 Å². The van der Waals surface area contributed by atoms with Crippen molar-refractivity contribution in [1.82, 2.24) is 15.6 Å². The molecule has 1 saturated heterocycles. The Morgan fingerprint density at radius 1 is 1.19 bits per heavy atom. The SMILES string of the molecule is C[C@H]1C[C@@H](C(=O)NCc2ccc(N(C)C(=O)c3ccncc3)cc2)CCN1. The van der Waals surface area contributed by atoms with E-state index in [1.54, 1.807) is 36.5 Å². The molecule has 2 heterocycles. The highest BCUT2D eigenvalue weighted by Crippen LogP contribution is 2.18. The van der Waals surface area contributed by atoms with Gasteiger partial charge in [-0.05, 0) is 56.1 Å². The fourth-order valence-electron chi connectivity index (χ4n) is 3.35. The number of nitrogens with one attached hydrogen (secondary N) is 2. The maximum absolute atomic E-state index is 12.5. The minimum Gasteiger partial charge on any atom is -0.352 e. The van der Waals surface area contributed by atoms with Crippen molar-refractivity contribution >= 4 is 17.5 Å². The molecule has 2 aromatic rings. The number of carbonyl (C=O) groups is 2. The molecule has 27 heavy (non-hydrogen) atoms. The number of nitrogens with zero attached hydrogens (tertiary/aromatic N) is 2. The number of benzene rings is 1. The molecule has 2 atom stereocenters. The maximum atomic E-state index is 12.5. The first-order valence-electron chi connectivity index (χ1n) is 9.32. The van der Waals surface area contributed by atoms with E-state index in [-0.39, 0.29) is 17.7 Å². The lowest BCUT2D eigenvalue weighted by Crippen LogP contribution is -2.42. The molecule has 1 fully saturated rings. The minimum atomic E-state index is -0.0847. The molecule has 1 aromatic heterocycles. The maximum Gasteiger partial charge on any atom is 0.258 e. The van der Waals surface area contributed by atoms with Crippen LogP contribution in [0.5, 0.6) is 0 Å². The number of pyridine rings is 1. The molecule has 0 spiro atoms. The van der Waals surface area contributed by atoms with Crippen LogP contribution in [-0.2, 0) is 11.3 Å². The first-order chi connectivity index (χ1) is 13.0. The predicted octanol–water partition coefficient (Wildman–Crippen LogP) is 2.36. The molecule has 0 saturated carbocycles. The fraction of sp³-hybridized carbons (Fsp3) is 0.381. The van der Waals surface area contributed by atoms with E-state index in [9.17, 15) is 9.59 Å². The fourth-order valence-corrected chi connectivity index (χ4v) is 3.35. The number of piperidine rings is 1. The number of amides is 2. The van der Waals surface area contributed by atoms with Gasteiger partial charge < -0.3 is 15.5 Å². The molecule has 0 aliphatic carbocycles. The molecular weight excluding hydrogens is 340 g/mol. The smallest absolute Gasteiger partial charge is 0.258 e. The van der Waals surface area contributed by atoms with Gasteiger partial charge in [0.2, 0.25) is 5.91 Å². The van der Waals surface area contributed by atoms with Crippen molar-refractivity contribution in [3.63, 3.8) is 0 Å². The second-order valence-corrected chi connectivity index (χ2v) is 7.06. The third kappa shape index (κ3) is 4.92. The van der Waals surface area contributed by atoms with E-state index >= 15 is 0 Å². The number of aromatic nitrogens is 1. The zero-order chi connectivity index (χ0) is 19.2. The van der Waals surface area contributed by atoms with Crippen LogP contribution in [0.15, 0.2) is 48.8 Å². The molecule has 1 aliphatic rings. The highest BCUT2D eigenvalue weighted by atomic mass is 16.2. The van der Waals surface area contributed by atoms with Crippen LogP contribution >= 0.6 is 0 Å². The molecule has 0 radical (unpaired) electrons. The van der Waals surface area contributed by atoms with Gasteiger partial charge in [-0.25, -0.2) is 0 Å². The van der Waals surface area contributed by atoms with E-state index in [0.29, 0.717) is 18.2 Å². The van der Waals surface area contributed by atoms with Crippen molar-refractivity contribution in [3.8, 4) is 0 Å². The standard InChI is InChI=1S/C21H26N4O2/c1-15-13-18(9-12-23-15)20(26)24-14-16-3-5-19(6-4-16)25(2)21(27)17-7-10-22-11-8-17/h3-8,10-11,15,18,23H,9,12-14H2,1-2H3,(H,24,26)/t15-,18-/m0/s1. The van der Waals surface area contributed by atoms with E-state index < -0.39 is 0 Å². The third-order valence-electron chi connectivity index (χ3n) is 5.02. The van der Waals surface area contributed by atoms with Gasteiger partial charge >= 0.3 is 0 Å². The Morgan fingerprint density at radius 3 is 2.56 bits per heavy atom. The zero-order valence-electron chi connectivity index (χ0n) is 15.8. The summed E-state index contributed by atoms with van der Waals surface area (Å²) < 4.78 is 0. The van der Waals surface area contributed by atoms with Crippen molar-refractivity contribution < 1.29 is 9.59 Å². The van der Waals surface area contributed by atoms with E-state index in [1.165, 1.54) is 0 Å². The average Bonchev–Trinajstić information content (AvgIpc) is 2.72. The monoisotopic (exact) mass is 366 g/mol. The van der Waals surface area contributed by atoms with Crippen molar-refractivity contribution in [3.05, 3.63) is 59.9 Å². The quantitative estimate of drug-likeness (QED) is 0.852. The Kier molecular flexibility index (Phi) is 6.19. The summed E-state index contributed by atoms with van der Waals surface area (Å²) in [5.41, 5.74) is 2.41. The normalized spacial score (nSPS) is 19.3. The van der Waals surface area contributed by atoms with E-state index in [2.05, 4.69) is 22.5 Å². The Hall–Kier alpha value is -2.73. The lowest BCUT2D eigenvalue weighted by atomic mass is 9.92. The summed E-state index contributed by atoms with van der Waals surface area (Å²) in [4.78, 5) is 30.4. The first-order valence-corrected chi connectivity index (χ1v) is 9.32. The molecule has 0 unspecified atom stereocenters. The van der Waals surface area contributed by atoms with Crippen LogP contribution in [0.1, 0.15) is 35.7 Å². The predicted molar refractivity (Wildman–Crippen MR) is 105 cm³/mol. The van der Waals surface area contributed by atoms with Crippen molar-refractivity contribution in [1.29, 1.82) is 0 Å². The summed E-state index contributed by atoms with van der Waals surface area (Å²) in [6.45, 7) is 3.51. The summed E-state index contributed by atoms with van der Waals surface area (Å²) in [6, 6.07) is 11.5.